The Labute approximate surface area is 135 Å². The summed E-state index contributed by atoms with van der Waals surface area (Å²) in [6, 6.07) is 26.3. The van der Waals surface area contributed by atoms with Crippen LogP contribution in [0.5, 0.6) is 5.75 Å². The summed E-state index contributed by atoms with van der Waals surface area (Å²) in [6.07, 6.45) is 2.13. The van der Waals surface area contributed by atoms with Crippen molar-refractivity contribution >= 4 is 10.9 Å². The summed E-state index contributed by atoms with van der Waals surface area (Å²) < 4.78 is 2.24. The van der Waals surface area contributed by atoms with Crippen molar-refractivity contribution in [3.05, 3.63) is 90.6 Å². The number of nitrogens with zero attached hydrogens (tertiary/aromatic N) is 1. The van der Waals surface area contributed by atoms with Gasteiger partial charge in [-0.25, -0.2) is 0 Å². The number of phenolic OH excluding ortho intramolecular Hbond substituents is 1. The summed E-state index contributed by atoms with van der Waals surface area (Å²) in [7, 11) is 0. The van der Waals surface area contributed by atoms with Crippen LogP contribution < -0.4 is 0 Å². The van der Waals surface area contributed by atoms with E-state index in [9.17, 15) is 5.11 Å². The fraction of sp³-hybridized carbons (Fsp3) is 0.0476. The van der Waals surface area contributed by atoms with Gasteiger partial charge in [0.05, 0.1) is 0 Å². The smallest absolute Gasteiger partial charge is 0.123 e. The van der Waals surface area contributed by atoms with Gasteiger partial charge >= 0.3 is 0 Å². The van der Waals surface area contributed by atoms with E-state index in [4.69, 9.17) is 0 Å². The van der Waals surface area contributed by atoms with Crippen molar-refractivity contribution in [3.63, 3.8) is 0 Å². The minimum absolute atomic E-state index is 0.315. The normalized spacial score (nSPS) is 11.0. The predicted octanol–water partition coefficient (Wildman–Crippen LogP) is 5.06. The molecule has 0 amide bonds. The van der Waals surface area contributed by atoms with Gasteiger partial charge in [-0.1, -0.05) is 66.7 Å². The summed E-state index contributed by atoms with van der Waals surface area (Å²) in [5.74, 6) is 0.315. The largest absolute Gasteiger partial charge is 0.507 e. The lowest BCUT2D eigenvalue weighted by molar-refractivity contribution is 0.477. The number of fused-ring (bicyclic) bond motifs is 1. The minimum atomic E-state index is 0.315. The molecule has 1 N–H and O–H groups in total. The Morgan fingerprint density at radius 2 is 1.39 bits per heavy atom. The fourth-order valence-electron chi connectivity index (χ4n) is 3.07. The van der Waals surface area contributed by atoms with E-state index >= 15 is 0 Å². The number of phenols is 1. The van der Waals surface area contributed by atoms with Crippen molar-refractivity contribution in [2.45, 2.75) is 6.54 Å². The number of para-hydroxylation sites is 2. The van der Waals surface area contributed by atoms with Crippen LogP contribution in [0.1, 0.15) is 5.56 Å². The standard InChI is InChI=1S/C21H17NO/c23-21-13-7-5-11-18(21)19-15-22(14-16-8-2-1-3-9-16)20-12-6-4-10-17(19)20/h1-13,15,23H,14H2. The highest BCUT2D eigenvalue weighted by Gasteiger charge is 2.12. The van der Waals surface area contributed by atoms with E-state index < -0.39 is 0 Å². The highest BCUT2D eigenvalue weighted by atomic mass is 16.3. The summed E-state index contributed by atoms with van der Waals surface area (Å²) in [5.41, 5.74) is 4.37. The van der Waals surface area contributed by atoms with E-state index in [-0.39, 0.29) is 0 Å². The lowest BCUT2D eigenvalue weighted by Gasteiger charge is -2.05. The van der Waals surface area contributed by atoms with Gasteiger partial charge in [0.25, 0.3) is 0 Å². The van der Waals surface area contributed by atoms with Crippen molar-refractivity contribution in [1.82, 2.24) is 4.57 Å². The number of hydrogen-bond donors (Lipinski definition) is 1. The first kappa shape index (κ1) is 13.6. The first-order valence-electron chi connectivity index (χ1n) is 7.73. The van der Waals surface area contributed by atoms with Gasteiger partial charge in [-0.05, 0) is 17.7 Å². The molecule has 3 aromatic carbocycles. The minimum Gasteiger partial charge on any atom is -0.507 e. The number of aromatic nitrogens is 1. The SMILES string of the molecule is Oc1ccccc1-c1cn(Cc2ccccc2)c2ccccc12. The van der Waals surface area contributed by atoms with Crippen LogP contribution in [0.2, 0.25) is 0 Å². The van der Waals surface area contributed by atoms with Gasteiger partial charge in [-0.3, -0.25) is 0 Å². The van der Waals surface area contributed by atoms with Gasteiger partial charge in [0.1, 0.15) is 5.75 Å². The molecule has 1 heterocycles. The molecule has 0 aliphatic heterocycles. The zero-order valence-electron chi connectivity index (χ0n) is 12.7. The Hall–Kier alpha value is -3.00. The zero-order valence-corrected chi connectivity index (χ0v) is 12.7. The van der Waals surface area contributed by atoms with Crippen molar-refractivity contribution in [3.8, 4) is 16.9 Å². The zero-order chi connectivity index (χ0) is 15.6. The van der Waals surface area contributed by atoms with Crippen LogP contribution in [0.15, 0.2) is 85.1 Å². The second-order valence-corrected chi connectivity index (χ2v) is 5.69. The number of aromatic hydroxyl groups is 1. The van der Waals surface area contributed by atoms with E-state index in [1.165, 1.54) is 11.1 Å². The monoisotopic (exact) mass is 299 g/mol. The molecule has 0 atom stereocenters. The van der Waals surface area contributed by atoms with E-state index in [0.717, 1.165) is 23.1 Å². The predicted molar refractivity (Wildman–Crippen MR) is 94.6 cm³/mol. The fourth-order valence-corrected chi connectivity index (χ4v) is 3.07. The van der Waals surface area contributed by atoms with Gasteiger partial charge in [-0.15, -0.1) is 0 Å². The van der Waals surface area contributed by atoms with E-state index in [1.54, 1.807) is 6.07 Å². The average Bonchev–Trinajstić information content (AvgIpc) is 2.95. The van der Waals surface area contributed by atoms with Gasteiger partial charge in [0.2, 0.25) is 0 Å². The first-order valence-corrected chi connectivity index (χ1v) is 7.73. The van der Waals surface area contributed by atoms with Gasteiger partial charge in [0, 0.05) is 34.8 Å². The van der Waals surface area contributed by atoms with E-state index in [0.29, 0.717) is 5.75 Å². The Balaban J connectivity index is 1.89. The Morgan fingerprint density at radius 1 is 0.696 bits per heavy atom. The third kappa shape index (κ3) is 2.49. The van der Waals surface area contributed by atoms with Gasteiger partial charge < -0.3 is 9.67 Å². The molecule has 4 rings (SSSR count). The van der Waals surface area contributed by atoms with Gasteiger partial charge in [-0.2, -0.15) is 0 Å². The first-order chi connectivity index (χ1) is 11.3. The second-order valence-electron chi connectivity index (χ2n) is 5.69. The van der Waals surface area contributed by atoms with Crippen LogP contribution in [0.3, 0.4) is 0 Å². The van der Waals surface area contributed by atoms with Crippen LogP contribution in [-0.4, -0.2) is 9.67 Å². The average molecular weight is 299 g/mol. The Morgan fingerprint density at radius 3 is 2.22 bits per heavy atom. The molecule has 0 saturated heterocycles. The Bertz CT molecular complexity index is 954. The summed E-state index contributed by atoms with van der Waals surface area (Å²) in [4.78, 5) is 0. The third-order valence-corrected chi connectivity index (χ3v) is 4.18. The molecule has 1 aromatic heterocycles. The summed E-state index contributed by atoms with van der Waals surface area (Å²) in [6.45, 7) is 0.814. The molecule has 0 aliphatic carbocycles. The highest BCUT2D eigenvalue weighted by molar-refractivity contribution is 5.97. The quantitative estimate of drug-likeness (QED) is 0.562. The van der Waals surface area contributed by atoms with Crippen molar-refractivity contribution < 1.29 is 5.11 Å². The molecule has 0 radical (unpaired) electrons. The van der Waals surface area contributed by atoms with Crippen LogP contribution in [0.4, 0.5) is 0 Å². The maximum absolute atomic E-state index is 10.2. The molecule has 4 aromatic rings. The van der Waals surface area contributed by atoms with Crippen molar-refractivity contribution in [1.29, 1.82) is 0 Å². The van der Waals surface area contributed by atoms with Gasteiger partial charge in [0.15, 0.2) is 0 Å². The lowest BCUT2D eigenvalue weighted by atomic mass is 10.0. The van der Waals surface area contributed by atoms with Crippen LogP contribution in [-0.2, 0) is 6.54 Å². The molecule has 0 aliphatic rings. The molecule has 0 saturated carbocycles. The molecule has 0 fully saturated rings. The summed E-state index contributed by atoms with van der Waals surface area (Å²) >= 11 is 0. The van der Waals surface area contributed by atoms with Crippen molar-refractivity contribution in [2.75, 3.05) is 0 Å². The molecule has 112 valence electrons. The molecule has 2 nitrogen and oxygen atoms in total. The number of rotatable bonds is 3. The molecule has 23 heavy (non-hydrogen) atoms. The van der Waals surface area contributed by atoms with Crippen LogP contribution in [0.25, 0.3) is 22.0 Å². The maximum Gasteiger partial charge on any atom is 0.123 e. The number of hydrogen-bond acceptors (Lipinski definition) is 1. The molecule has 0 unspecified atom stereocenters. The van der Waals surface area contributed by atoms with Crippen molar-refractivity contribution in [2.24, 2.45) is 0 Å². The Kier molecular flexibility index (Phi) is 3.35. The van der Waals surface area contributed by atoms with Crippen LogP contribution in [0, 0.1) is 0 Å². The summed E-state index contributed by atoms with van der Waals surface area (Å²) in [5, 5.41) is 11.4. The van der Waals surface area contributed by atoms with E-state index in [1.807, 2.05) is 30.3 Å². The maximum atomic E-state index is 10.2. The second kappa shape index (κ2) is 5.65. The number of benzene rings is 3. The highest BCUT2D eigenvalue weighted by Crippen LogP contribution is 2.35. The molecular formula is C21H17NO. The topological polar surface area (TPSA) is 25.2 Å². The molecular weight excluding hydrogens is 282 g/mol. The van der Waals surface area contributed by atoms with E-state index in [2.05, 4.69) is 53.2 Å². The molecule has 0 bridgehead atoms. The van der Waals surface area contributed by atoms with Crippen LogP contribution >= 0.6 is 0 Å². The third-order valence-electron chi connectivity index (χ3n) is 4.18. The lowest BCUT2D eigenvalue weighted by Crippen LogP contribution is -1.97. The molecule has 0 spiro atoms. The molecule has 2 heteroatoms.